The fourth-order valence-electron chi connectivity index (χ4n) is 2.91. The molecule has 2 N–H and O–H groups in total. The van der Waals surface area contributed by atoms with Gasteiger partial charge in [-0.3, -0.25) is 0 Å². The molecule has 1 aliphatic rings. The molecule has 2 heterocycles. The van der Waals surface area contributed by atoms with Crippen molar-refractivity contribution in [2.24, 2.45) is 0 Å². The third kappa shape index (κ3) is 2.40. The van der Waals surface area contributed by atoms with Crippen LogP contribution in [0.3, 0.4) is 0 Å². The van der Waals surface area contributed by atoms with Crippen molar-refractivity contribution in [3.05, 3.63) is 35.0 Å². The maximum atomic E-state index is 5.54. The summed E-state index contributed by atoms with van der Waals surface area (Å²) in [6.45, 7) is 9.18. The number of aryl methyl sites for hydroxylation is 1. The van der Waals surface area contributed by atoms with Crippen molar-refractivity contribution in [2.45, 2.75) is 32.7 Å². The van der Waals surface area contributed by atoms with E-state index in [4.69, 9.17) is 4.74 Å². The third-order valence-electron chi connectivity index (χ3n) is 3.95. The molecule has 1 atom stereocenters. The van der Waals surface area contributed by atoms with Gasteiger partial charge >= 0.3 is 0 Å². The molecule has 0 spiro atoms. The van der Waals surface area contributed by atoms with Gasteiger partial charge in [0.2, 0.25) is 0 Å². The van der Waals surface area contributed by atoms with Gasteiger partial charge in [0.25, 0.3) is 0 Å². The average Bonchev–Trinajstić information content (AvgIpc) is 2.81. The Balaban J connectivity index is 2.00. The van der Waals surface area contributed by atoms with E-state index in [-0.39, 0.29) is 0 Å². The molecule has 3 heteroatoms. The Morgan fingerprint density at radius 1 is 1.26 bits per heavy atom. The number of H-pyrrole nitrogens is 1. The van der Waals surface area contributed by atoms with Gasteiger partial charge in [0.1, 0.15) is 0 Å². The molecule has 0 amide bonds. The van der Waals surface area contributed by atoms with E-state index < -0.39 is 0 Å². The zero-order chi connectivity index (χ0) is 13.4. The lowest BCUT2D eigenvalue weighted by Crippen LogP contribution is -2.34. The van der Waals surface area contributed by atoms with Crippen molar-refractivity contribution in [1.29, 1.82) is 0 Å². The van der Waals surface area contributed by atoms with E-state index in [1.165, 1.54) is 27.7 Å². The Bertz CT molecular complexity index is 580. The molecule has 102 valence electrons. The minimum absolute atomic E-state index is 0.295. The first-order valence-corrected chi connectivity index (χ1v) is 7.09. The van der Waals surface area contributed by atoms with Crippen LogP contribution in [0.15, 0.2) is 18.2 Å². The topological polar surface area (TPSA) is 37.0 Å². The largest absolute Gasteiger partial charge is 0.378 e. The first-order chi connectivity index (χ1) is 9.15. The van der Waals surface area contributed by atoms with E-state index in [0.717, 1.165) is 19.8 Å². The summed E-state index contributed by atoms with van der Waals surface area (Å²) in [7, 11) is 0. The average molecular weight is 258 g/mol. The number of morpholine rings is 1. The highest BCUT2D eigenvalue weighted by molar-refractivity contribution is 5.82. The minimum Gasteiger partial charge on any atom is -0.378 e. The number of hydrogen-bond acceptors (Lipinski definition) is 2. The highest BCUT2D eigenvalue weighted by Gasteiger charge is 2.17. The number of fused-ring (bicyclic) bond motifs is 1. The summed E-state index contributed by atoms with van der Waals surface area (Å²) in [5.74, 6) is 0.562. The van der Waals surface area contributed by atoms with E-state index in [2.05, 4.69) is 49.3 Å². The second-order valence-corrected chi connectivity index (χ2v) is 5.76. The molecule has 0 bridgehead atoms. The van der Waals surface area contributed by atoms with Gasteiger partial charge in [-0.15, -0.1) is 0 Å². The Labute approximate surface area is 114 Å². The highest BCUT2D eigenvalue weighted by Crippen LogP contribution is 2.27. The molecular weight excluding hydrogens is 236 g/mol. The summed E-state index contributed by atoms with van der Waals surface area (Å²) >= 11 is 0. The van der Waals surface area contributed by atoms with Gasteiger partial charge in [-0.05, 0) is 47.6 Å². The second-order valence-electron chi connectivity index (χ2n) is 5.76. The Hall–Kier alpha value is -1.32. The molecule has 1 unspecified atom stereocenters. The lowest BCUT2D eigenvalue weighted by molar-refractivity contribution is 0.0758. The summed E-state index contributed by atoms with van der Waals surface area (Å²) in [4.78, 5) is 3.55. The molecule has 3 nitrogen and oxygen atoms in total. The van der Waals surface area contributed by atoms with E-state index in [9.17, 15) is 0 Å². The quantitative estimate of drug-likeness (QED) is 0.867. The van der Waals surface area contributed by atoms with Gasteiger partial charge < -0.3 is 15.0 Å². The van der Waals surface area contributed by atoms with Gasteiger partial charge in [-0.25, -0.2) is 0 Å². The molecule has 2 aromatic rings. The van der Waals surface area contributed by atoms with E-state index in [0.29, 0.717) is 12.0 Å². The molecule has 0 radical (unpaired) electrons. The molecular formula is C16H22N2O. The summed E-state index contributed by atoms with van der Waals surface area (Å²) in [6, 6.07) is 7.12. The molecule has 1 saturated heterocycles. The van der Waals surface area contributed by atoms with Gasteiger partial charge in [0, 0.05) is 17.8 Å². The first-order valence-electron chi connectivity index (χ1n) is 7.09. The van der Waals surface area contributed by atoms with Crippen LogP contribution in [0.25, 0.3) is 10.9 Å². The van der Waals surface area contributed by atoms with Crippen LogP contribution in [0.1, 0.15) is 42.6 Å². The summed E-state index contributed by atoms with van der Waals surface area (Å²) in [5.41, 5.74) is 5.27. The summed E-state index contributed by atoms with van der Waals surface area (Å²) in [6.07, 6.45) is 0. The highest BCUT2D eigenvalue weighted by atomic mass is 16.5. The van der Waals surface area contributed by atoms with Crippen LogP contribution in [0.2, 0.25) is 0 Å². The third-order valence-corrected chi connectivity index (χ3v) is 3.95. The van der Waals surface area contributed by atoms with Crippen LogP contribution in [-0.2, 0) is 4.74 Å². The Kier molecular flexibility index (Phi) is 3.33. The number of aromatic amines is 1. The number of aromatic nitrogens is 1. The lowest BCUT2D eigenvalue weighted by Gasteiger charge is -2.22. The van der Waals surface area contributed by atoms with Crippen molar-refractivity contribution >= 4 is 10.9 Å². The van der Waals surface area contributed by atoms with Crippen LogP contribution < -0.4 is 5.32 Å². The van der Waals surface area contributed by atoms with Crippen LogP contribution in [0.4, 0.5) is 0 Å². The first kappa shape index (κ1) is 12.7. The number of nitrogens with one attached hydrogen (secondary N) is 2. The van der Waals surface area contributed by atoms with Crippen LogP contribution in [0.5, 0.6) is 0 Å². The molecule has 3 rings (SSSR count). The predicted molar refractivity (Wildman–Crippen MR) is 78.7 cm³/mol. The van der Waals surface area contributed by atoms with E-state index in [1.807, 2.05) is 0 Å². The zero-order valence-electron chi connectivity index (χ0n) is 11.9. The smallest absolute Gasteiger partial charge is 0.0711 e. The Morgan fingerprint density at radius 2 is 2.11 bits per heavy atom. The number of ether oxygens (including phenoxy) is 1. The fourth-order valence-corrected chi connectivity index (χ4v) is 2.91. The zero-order valence-corrected chi connectivity index (χ0v) is 11.9. The predicted octanol–water partition coefficient (Wildman–Crippen LogP) is 3.26. The normalized spacial score (nSPS) is 20.3. The van der Waals surface area contributed by atoms with E-state index >= 15 is 0 Å². The molecule has 1 aliphatic heterocycles. The van der Waals surface area contributed by atoms with Crippen molar-refractivity contribution in [3.63, 3.8) is 0 Å². The second kappa shape index (κ2) is 4.99. The molecule has 19 heavy (non-hydrogen) atoms. The lowest BCUT2D eigenvalue weighted by atomic mass is 9.97. The molecule has 1 fully saturated rings. The standard InChI is InChI=1S/C16H22N2O/c1-10(2)13-8-14-12(6-11(13)3)7-15(18-14)16-9-19-5-4-17-16/h6-8,10,16-18H,4-5,9H2,1-3H3. The number of benzene rings is 1. The van der Waals surface area contributed by atoms with Crippen molar-refractivity contribution in [2.75, 3.05) is 19.8 Å². The monoisotopic (exact) mass is 258 g/mol. The molecule has 0 saturated carbocycles. The fraction of sp³-hybridized carbons (Fsp3) is 0.500. The van der Waals surface area contributed by atoms with Crippen molar-refractivity contribution in [1.82, 2.24) is 10.3 Å². The molecule has 0 aliphatic carbocycles. The van der Waals surface area contributed by atoms with Gasteiger partial charge in [0.05, 0.1) is 19.3 Å². The summed E-state index contributed by atoms with van der Waals surface area (Å²) in [5, 5.41) is 4.79. The molecule has 1 aromatic carbocycles. The van der Waals surface area contributed by atoms with Crippen molar-refractivity contribution in [3.8, 4) is 0 Å². The van der Waals surface area contributed by atoms with Crippen LogP contribution in [0, 0.1) is 6.92 Å². The van der Waals surface area contributed by atoms with Gasteiger partial charge in [-0.2, -0.15) is 0 Å². The van der Waals surface area contributed by atoms with Crippen molar-refractivity contribution < 1.29 is 4.74 Å². The number of hydrogen-bond donors (Lipinski definition) is 2. The summed E-state index contributed by atoms with van der Waals surface area (Å²) < 4.78 is 5.54. The maximum absolute atomic E-state index is 5.54. The minimum atomic E-state index is 0.295. The van der Waals surface area contributed by atoms with Crippen LogP contribution >= 0.6 is 0 Å². The van der Waals surface area contributed by atoms with Gasteiger partial charge in [0.15, 0.2) is 0 Å². The molecule has 1 aromatic heterocycles. The van der Waals surface area contributed by atoms with Crippen LogP contribution in [-0.4, -0.2) is 24.7 Å². The van der Waals surface area contributed by atoms with Gasteiger partial charge in [-0.1, -0.05) is 13.8 Å². The maximum Gasteiger partial charge on any atom is 0.0711 e. The SMILES string of the molecule is Cc1cc2cc(C3COCCN3)[nH]c2cc1C(C)C. The Morgan fingerprint density at radius 3 is 2.79 bits per heavy atom. The van der Waals surface area contributed by atoms with E-state index in [1.54, 1.807) is 0 Å². The number of rotatable bonds is 2.